The summed E-state index contributed by atoms with van der Waals surface area (Å²) >= 11 is 0. The van der Waals surface area contributed by atoms with Gasteiger partial charge in [-0.3, -0.25) is 14.3 Å². The molecule has 3 rings (SSSR count). The summed E-state index contributed by atoms with van der Waals surface area (Å²) in [4.78, 5) is 26.5. The second kappa shape index (κ2) is 6.72. The lowest BCUT2D eigenvalue weighted by atomic mass is 9.84. The average molecular weight is 318 g/mol. The fourth-order valence-electron chi connectivity index (χ4n) is 3.34. The van der Waals surface area contributed by atoms with Crippen LogP contribution in [0.1, 0.15) is 50.6 Å². The van der Waals surface area contributed by atoms with Gasteiger partial charge in [0.05, 0.1) is 12.2 Å². The first-order valence-electron chi connectivity index (χ1n) is 8.64. The van der Waals surface area contributed by atoms with Crippen molar-refractivity contribution in [3.05, 3.63) is 18.0 Å². The molecule has 6 heteroatoms. The normalized spacial score (nSPS) is 23.2. The molecule has 0 radical (unpaired) electrons. The van der Waals surface area contributed by atoms with Crippen LogP contribution >= 0.6 is 0 Å². The van der Waals surface area contributed by atoms with Crippen molar-refractivity contribution in [3.63, 3.8) is 0 Å². The van der Waals surface area contributed by atoms with E-state index < -0.39 is 6.04 Å². The van der Waals surface area contributed by atoms with Gasteiger partial charge in [0.2, 0.25) is 11.8 Å². The first-order valence-corrected chi connectivity index (χ1v) is 8.64. The predicted molar refractivity (Wildman–Crippen MR) is 86.8 cm³/mol. The summed E-state index contributed by atoms with van der Waals surface area (Å²) in [5.74, 6) is 0.172. The van der Waals surface area contributed by atoms with E-state index in [1.807, 2.05) is 28.9 Å². The molecule has 2 amide bonds. The molecule has 1 N–H and O–H groups in total. The van der Waals surface area contributed by atoms with Gasteiger partial charge in [0.1, 0.15) is 6.04 Å². The summed E-state index contributed by atoms with van der Waals surface area (Å²) < 4.78 is 1.96. The fourth-order valence-corrected chi connectivity index (χ4v) is 3.34. The second-order valence-corrected chi connectivity index (χ2v) is 6.94. The number of likely N-dealkylation sites (tertiary alicyclic amines) is 1. The van der Waals surface area contributed by atoms with Crippen molar-refractivity contribution < 1.29 is 9.59 Å². The summed E-state index contributed by atoms with van der Waals surface area (Å²) in [6.45, 7) is 5.25. The number of carbonyl (C=O) groups is 2. The molecule has 1 aliphatic heterocycles. The Morgan fingerprint density at radius 3 is 2.70 bits per heavy atom. The van der Waals surface area contributed by atoms with Crippen LogP contribution in [0.25, 0.3) is 0 Å². The van der Waals surface area contributed by atoms with Crippen molar-refractivity contribution in [2.75, 3.05) is 13.1 Å². The van der Waals surface area contributed by atoms with Crippen LogP contribution in [0, 0.1) is 12.8 Å². The molecule has 1 aliphatic carbocycles. The number of piperidine rings is 1. The van der Waals surface area contributed by atoms with E-state index in [2.05, 4.69) is 10.4 Å². The third kappa shape index (κ3) is 3.57. The summed E-state index contributed by atoms with van der Waals surface area (Å²) in [6, 6.07) is -0.211. The van der Waals surface area contributed by atoms with Gasteiger partial charge in [-0.15, -0.1) is 0 Å². The molecule has 0 spiro atoms. The highest BCUT2D eigenvalue weighted by Gasteiger charge is 2.31. The number of nitrogens with zero attached hydrogens (tertiary/aromatic N) is 3. The van der Waals surface area contributed by atoms with Crippen LogP contribution in [0.2, 0.25) is 0 Å². The average Bonchev–Trinajstić information content (AvgIpc) is 2.91. The van der Waals surface area contributed by atoms with Crippen molar-refractivity contribution >= 4 is 11.8 Å². The lowest BCUT2D eigenvalue weighted by Crippen LogP contribution is -2.51. The molecule has 2 aliphatic rings. The first kappa shape index (κ1) is 16.0. The molecular formula is C17H26N4O2. The lowest BCUT2D eigenvalue weighted by Gasteiger charge is -2.35. The molecule has 0 bridgehead atoms. The van der Waals surface area contributed by atoms with Gasteiger partial charge in [0.25, 0.3) is 0 Å². The third-order valence-electron chi connectivity index (χ3n) is 5.02. The Labute approximate surface area is 137 Å². The number of aryl methyl sites for hydroxylation is 1. The number of amides is 2. The highest BCUT2D eigenvalue weighted by atomic mass is 16.2. The molecule has 2 fully saturated rings. The maximum atomic E-state index is 12.6. The lowest BCUT2D eigenvalue weighted by molar-refractivity contribution is -0.139. The highest BCUT2D eigenvalue weighted by molar-refractivity contribution is 5.88. The minimum atomic E-state index is -0.443. The van der Waals surface area contributed by atoms with Crippen molar-refractivity contribution in [2.45, 2.75) is 58.0 Å². The molecule has 2 heterocycles. The zero-order valence-electron chi connectivity index (χ0n) is 14.0. The molecule has 126 valence electrons. The highest BCUT2D eigenvalue weighted by Crippen LogP contribution is 2.26. The van der Waals surface area contributed by atoms with Crippen LogP contribution in [-0.2, 0) is 9.59 Å². The Bertz CT molecular complexity index is 579. The SMILES string of the molecule is Cc1cnn(C2CCCN(C(=O)C(C)NC(=O)C3CCC3)C2)c1. The number of hydrogen-bond acceptors (Lipinski definition) is 3. The van der Waals surface area contributed by atoms with Gasteiger partial charge in [-0.25, -0.2) is 0 Å². The number of nitrogens with one attached hydrogen (secondary N) is 1. The minimum absolute atomic E-state index is 0.0197. The van der Waals surface area contributed by atoms with E-state index in [1.165, 1.54) is 0 Å². The largest absolute Gasteiger partial charge is 0.344 e. The van der Waals surface area contributed by atoms with Crippen molar-refractivity contribution in [2.24, 2.45) is 5.92 Å². The zero-order chi connectivity index (χ0) is 16.4. The van der Waals surface area contributed by atoms with E-state index in [9.17, 15) is 9.59 Å². The Kier molecular flexibility index (Phi) is 4.68. The number of carbonyl (C=O) groups excluding carboxylic acids is 2. The maximum absolute atomic E-state index is 12.6. The van der Waals surface area contributed by atoms with Gasteiger partial charge < -0.3 is 10.2 Å². The number of hydrogen-bond donors (Lipinski definition) is 1. The first-order chi connectivity index (χ1) is 11.0. The molecular weight excluding hydrogens is 292 g/mol. The van der Waals surface area contributed by atoms with Gasteiger partial charge in [-0.1, -0.05) is 6.42 Å². The summed E-state index contributed by atoms with van der Waals surface area (Å²) in [6.07, 6.45) is 8.92. The molecule has 0 aromatic carbocycles. The molecule has 1 aromatic rings. The third-order valence-corrected chi connectivity index (χ3v) is 5.02. The quantitative estimate of drug-likeness (QED) is 0.918. The van der Waals surface area contributed by atoms with Crippen LogP contribution in [0.5, 0.6) is 0 Å². The van der Waals surface area contributed by atoms with Crippen LogP contribution in [-0.4, -0.2) is 45.6 Å². The Morgan fingerprint density at radius 1 is 1.30 bits per heavy atom. The van der Waals surface area contributed by atoms with E-state index in [-0.39, 0.29) is 23.8 Å². The fraction of sp³-hybridized carbons (Fsp3) is 0.706. The standard InChI is InChI=1S/C17H26N4O2/c1-12-9-18-21(10-12)15-7-4-8-20(11-15)17(23)13(2)19-16(22)14-5-3-6-14/h9-10,13-15H,3-8,11H2,1-2H3,(H,19,22). The van der Waals surface area contributed by atoms with E-state index in [0.717, 1.165) is 44.2 Å². The minimum Gasteiger partial charge on any atom is -0.344 e. The van der Waals surface area contributed by atoms with E-state index in [4.69, 9.17) is 0 Å². The Hall–Kier alpha value is -1.85. The van der Waals surface area contributed by atoms with E-state index >= 15 is 0 Å². The Morgan fingerprint density at radius 2 is 2.09 bits per heavy atom. The van der Waals surface area contributed by atoms with Crippen molar-refractivity contribution in [1.82, 2.24) is 20.0 Å². The number of aromatic nitrogens is 2. The maximum Gasteiger partial charge on any atom is 0.244 e. The molecule has 23 heavy (non-hydrogen) atoms. The molecule has 1 saturated heterocycles. The smallest absolute Gasteiger partial charge is 0.244 e. The second-order valence-electron chi connectivity index (χ2n) is 6.94. The summed E-state index contributed by atoms with van der Waals surface area (Å²) in [5.41, 5.74) is 1.13. The topological polar surface area (TPSA) is 67.2 Å². The van der Waals surface area contributed by atoms with Crippen LogP contribution < -0.4 is 5.32 Å². The summed E-state index contributed by atoms with van der Waals surface area (Å²) in [5, 5.41) is 7.26. The van der Waals surface area contributed by atoms with Gasteiger partial charge in [-0.05, 0) is 45.1 Å². The summed E-state index contributed by atoms with van der Waals surface area (Å²) in [7, 11) is 0. The predicted octanol–water partition coefficient (Wildman–Crippen LogP) is 1.66. The van der Waals surface area contributed by atoms with Gasteiger partial charge in [-0.2, -0.15) is 5.10 Å². The van der Waals surface area contributed by atoms with Crippen LogP contribution in [0.15, 0.2) is 12.4 Å². The van der Waals surface area contributed by atoms with Crippen LogP contribution in [0.3, 0.4) is 0 Å². The molecule has 1 aromatic heterocycles. The zero-order valence-corrected chi connectivity index (χ0v) is 14.0. The van der Waals surface area contributed by atoms with Gasteiger partial charge in [0.15, 0.2) is 0 Å². The van der Waals surface area contributed by atoms with Gasteiger partial charge in [0, 0.05) is 25.2 Å². The van der Waals surface area contributed by atoms with Gasteiger partial charge >= 0.3 is 0 Å². The van der Waals surface area contributed by atoms with Crippen molar-refractivity contribution in [1.29, 1.82) is 0 Å². The van der Waals surface area contributed by atoms with E-state index in [1.54, 1.807) is 6.92 Å². The molecule has 2 atom stereocenters. The van der Waals surface area contributed by atoms with Crippen molar-refractivity contribution in [3.8, 4) is 0 Å². The monoisotopic (exact) mass is 318 g/mol. The molecule has 6 nitrogen and oxygen atoms in total. The number of rotatable bonds is 4. The molecule has 1 saturated carbocycles. The van der Waals surface area contributed by atoms with Crippen LogP contribution in [0.4, 0.5) is 0 Å². The molecule has 2 unspecified atom stereocenters. The Balaban J connectivity index is 1.56. The van der Waals surface area contributed by atoms with E-state index in [0.29, 0.717) is 6.54 Å².